The lowest BCUT2D eigenvalue weighted by Crippen LogP contribution is -2.47. The lowest BCUT2D eigenvalue weighted by atomic mass is 10.0. The Balaban J connectivity index is 2.87. The van der Waals surface area contributed by atoms with Gasteiger partial charge in [-0.15, -0.1) is 0 Å². The Labute approximate surface area is 161 Å². The maximum atomic E-state index is 11.7. The fourth-order valence-corrected chi connectivity index (χ4v) is 2.37. The van der Waals surface area contributed by atoms with Crippen LogP contribution in [0, 0.1) is 0 Å². The summed E-state index contributed by atoms with van der Waals surface area (Å²) in [6.45, 7) is 3.73. The van der Waals surface area contributed by atoms with E-state index in [2.05, 4.69) is 5.32 Å². The molecule has 10 nitrogen and oxygen atoms in total. The number of carbonyl (C=O) groups excluding carboxylic acids is 1. The number of carboxylic acid groups (broad SMARTS) is 3. The average molecular weight is 396 g/mol. The molecule has 0 saturated heterocycles. The molecule has 0 radical (unpaired) electrons. The minimum absolute atomic E-state index is 0.109. The summed E-state index contributed by atoms with van der Waals surface area (Å²) in [5.41, 5.74) is 0.303. The van der Waals surface area contributed by atoms with Gasteiger partial charge in [0.2, 0.25) is 0 Å². The first-order valence-corrected chi connectivity index (χ1v) is 8.37. The van der Waals surface area contributed by atoms with Crippen LogP contribution >= 0.6 is 0 Å². The van der Waals surface area contributed by atoms with E-state index in [-0.39, 0.29) is 6.42 Å². The number of amides is 1. The molecule has 0 aliphatic heterocycles. The summed E-state index contributed by atoms with van der Waals surface area (Å²) in [5.74, 6) is -3.99. The molecule has 28 heavy (non-hydrogen) atoms. The van der Waals surface area contributed by atoms with Crippen molar-refractivity contribution in [2.24, 2.45) is 0 Å². The predicted octanol–water partition coefficient (Wildman–Crippen LogP) is 1.50. The van der Waals surface area contributed by atoms with Crippen molar-refractivity contribution in [3.05, 3.63) is 29.8 Å². The molecule has 0 saturated carbocycles. The molecule has 1 atom stereocenters. The van der Waals surface area contributed by atoms with Crippen molar-refractivity contribution >= 4 is 29.7 Å². The number of carbonyl (C=O) groups is 4. The van der Waals surface area contributed by atoms with Crippen LogP contribution in [0.15, 0.2) is 24.3 Å². The number of benzene rings is 1. The number of ether oxygens (including phenoxy) is 1. The molecule has 1 amide bonds. The van der Waals surface area contributed by atoms with Crippen molar-refractivity contribution < 1.29 is 39.2 Å². The van der Waals surface area contributed by atoms with Crippen LogP contribution in [-0.4, -0.2) is 69.0 Å². The molecule has 154 valence electrons. The Hall–Kier alpha value is -3.14. The maximum Gasteiger partial charge on any atom is 0.412 e. The van der Waals surface area contributed by atoms with E-state index in [1.807, 2.05) is 0 Å². The quantitative estimate of drug-likeness (QED) is 0.486. The van der Waals surface area contributed by atoms with Gasteiger partial charge in [-0.05, 0) is 44.9 Å². The number of hydrogen-bond acceptors (Lipinski definition) is 6. The molecule has 0 spiro atoms. The van der Waals surface area contributed by atoms with E-state index in [1.165, 1.54) is 12.1 Å². The SMILES string of the molecule is CC(C)(C)OC(=O)Nc1ccc(CC(C(=O)O)N(CC(=O)O)CC(=O)O)cc1. The van der Waals surface area contributed by atoms with Gasteiger partial charge >= 0.3 is 24.0 Å². The number of aliphatic carboxylic acids is 3. The Morgan fingerprint density at radius 3 is 1.89 bits per heavy atom. The number of carboxylic acids is 3. The minimum atomic E-state index is -1.34. The van der Waals surface area contributed by atoms with Crippen molar-refractivity contribution in [3.8, 4) is 0 Å². The highest BCUT2D eigenvalue weighted by atomic mass is 16.6. The number of nitrogens with one attached hydrogen (secondary N) is 1. The zero-order valence-corrected chi connectivity index (χ0v) is 15.8. The molecular weight excluding hydrogens is 372 g/mol. The summed E-state index contributed by atoms with van der Waals surface area (Å²) in [4.78, 5) is 46.0. The number of hydrogen-bond donors (Lipinski definition) is 4. The van der Waals surface area contributed by atoms with Crippen LogP contribution in [0.5, 0.6) is 0 Å². The highest BCUT2D eigenvalue weighted by molar-refractivity contribution is 5.85. The van der Waals surface area contributed by atoms with Gasteiger partial charge in [-0.1, -0.05) is 12.1 Å². The lowest BCUT2D eigenvalue weighted by molar-refractivity contribution is -0.149. The van der Waals surface area contributed by atoms with Gasteiger partial charge in [0.05, 0.1) is 13.1 Å². The summed E-state index contributed by atoms with van der Waals surface area (Å²) in [6, 6.07) is 4.86. The molecule has 1 aromatic carbocycles. The van der Waals surface area contributed by atoms with E-state index in [1.54, 1.807) is 32.9 Å². The van der Waals surface area contributed by atoms with Crippen LogP contribution in [-0.2, 0) is 25.5 Å². The second-order valence-electron chi connectivity index (χ2n) is 7.07. The van der Waals surface area contributed by atoms with Gasteiger partial charge in [0.25, 0.3) is 0 Å². The third-order valence-electron chi connectivity index (χ3n) is 3.43. The van der Waals surface area contributed by atoms with E-state index < -0.39 is 48.7 Å². The van der Waals surface area contributed by atoms with Gasteiger partial charge in [0.1, 0.15) is 11.6 Å². The maximum absolute atomic E-state index is 11.7. The summed E-state index contributed by atoms with van der Waals surface area (Å²) >= 11 is 0. The zero-order valence-electron chi connectivity index (χ0n) is 15.8. The monoisotopic (exact) mass is 396 g/mol. The lowest BCUT2D eigenvalue weighted by Gasteiger charge is -2.25. The highest BCUT2D eigenvalue weighted by Gasteiger charge is 2.29. The van der Waals surface area contributed by atoms with Crippen molar-refractivity contribution in [3.63, 3.8) is 0 Å². The molecule has 0 aromatic heterocycles. The zero-order chi connectivity index (χ0) is 21.5. The molecule has 1 unspecified atom stereocenters. The van der Waals surface area contributed by atoms with Gasteiger partial charge < -0.3 is 20.1 Å². The first-order chi connectivity index (χ1) is 12.9. The highest BCUT2D eigenvalue weighted by Crippen LogP contribution is 2.16. The molecule has 4 N–H and O–H groups in total. The molecule has 0 heterocycles. The molecule has 10 heteroatoms. The number of rotatable bonds is 9. The third kappa shape index (κ3) is 8.49. The molecule has 1 rings (SSSR count). The summed E-state index contributed by atoms with van der Waals surface area (Å²) < 4.78 is 5.13. The molecule has 0 bridgehead atoms. The van der Waals surface area contributed by atoms with Gasteiger partial charge in [0, 0.05) is 5.69 Å². The van der Waals surface area contributed by atoms with Gasteiger partial charge in [-0.3, -0.25) is 24.6 Å². The average Bonchev–Trinajstić information content (AvgIpc) is 2.50. The van der Waals surface area contributed by atoms with Crippen LogP contribution in [0.25, 0.3) is 0 Å². The van der Waals surface area contributed by atoms with E-state index in [0.717, 1.165) is 4.90 Å². The molecule has 1 aromatic rings. The van der Waals surface area contributed by atoms with Crippen molar-refractivity contribution in [2.75, 3.05) is 18.4 Å². The Bertz CT molecular complexity index is 708. The standard InChI is InChI=1S/C18H24N2O8/c1-18(2,3)28-17(27)19-12-6-4-11(5-7-12)8-13(16(25)26)20(9-14(21)22)10-15(23)24/h4-7,13H,8-10H2,1-3H3,(H,19,27)(H,21,22)(H,23,24)(H,25,26). The molecule has 0 aliphatic carbocycles. The topological polar surface area (TPSA) is 153 Å². The van der Waals surface area contributed by atoms with Crippen molar-refractivity contribution in [2.45, 2.75) is 38.8 Å². The van der Waals surface area contributed by atoms with Crippen LogP contribution in [0.2, 0.25) is 0 Å². The first-order valence-electron chi connectivity index (χ1n) is 8.37. The normalized spacial score (nSPS) is 12.3. The second-order valence-corrected chi connectivity index (χ2v) is 7.07. The van der Waals surface area contributed by atoms with Gasteiger partial charge in [0.15, 0.2) is 0 Å². The molecular formula is C18H24N2O8. The van der Waals surface area contributed by atoms with E-state index in [4.69, 9.17) is 14.9 Å². The van der Waals surface area contributed by atoms with Crippen LogP contribution in [0.3, 0.4) is 0 Å². The largest absolute Gasteiger partial charge is 0.480 e. The summed E-state index contributed by atoms with van der Waals surface area (Å²) in [7, 11) is 0. The predicted molar refractivity (Wildman–Crippen MR) is 98.3 cm³/mol. The Morgan fingerprint density at radius 1 is 1.00 bits per heavy atom. The molecule has 0 aliphatic rings. The van der Waals surface area contributed by atoms with Crippen LogP contribution in [0.4, 0.5) is 10.5 Å². The number of nitrogens with zero attached hydrogens (tertiary/aromatic N) is 1. The van der Waals surface area contributed by atoms with Gasteiger partial charge in [-0.25, -0.2) is 4.79 Å². The van der Waals surface area contributed by atoms with Gasteiger partial charge in [-0.2, -0.15) is 0 Å². The Kier molecular flexibility index (Phi) is 7.93. The van der Waals surface area contributed by atoms with E-state index >= 15 is 0 Å². The van der Waals surface area contributed by atoms with E-state index in [9.17, 15) is 24.3 Å². The minimum Gasteiger partial charge on any atom is -0.480 e. The third-order valence-corrected chi connectivity index (χ3v) is 3.43. The Morgan fingerprint density at radius 2 is 1.50 bits per heavy atom. The van der Waals surface area contributed by atoms with Crippen molar-refractivity contribution in [1.82, 2.24) is 4.90 Å². The van der Waals surface area contributed by atoms with Crippen molar-refractivity contribution in [1.29, 1.82) is 0 Å². The van der Waals surface area contributed by atoms with Crippen LogP contribution < -0.4 is 5.32 Å². The summed E-state index contributed by atoms with van der Waals surface area (Å²) in [5, 5.41) is 29.8. The van der Waals surface area contributed by atoms with Crippen LogP contribution in [0.1, 0.15) is 26.3 Å². The summed E-state index contributed by atoms with van der Waals surface area (Å²) in [6.07, 6.45) is -0.749. The first kappa shape index (κ1) is 22.9. The molecule has 0 fully saturated rings. The number of anilines is 1. The smallest absolute Gasteiger partial charge is 0.412 e. The fraction of sp³-hybridized carbons (Fsp3) is 0.444. The fourth-order valence-electron chi connectivity index (χ4n) is 2.37. The second kappa shape index (κ2) is 9.70. The van der Waals surface area contributed by atoms with E-state index in [0.29, 0.717) is 11.3 Å².